The summed E-state index contributed by atoms with van der Waals surface area (Å²) in [6, 6.07) is 7.55. The number of nitrogens with one attached hydrogen (secondary N) is 1. The van der Waals surface area contributed by atoms with Crippen molar-refractivity contribution >= 4 is 11.4 Å². The minimum atomic E-state index is -1.18. The number of hydrogen-bond donors (Lipinski definition) is 2. The molecular weight excluding hydrogens is 326 g/mol. The summed E-state index contributed by atoms with van der Waals surface area (Å²) in [5.74, 6) is 0.584. The van der Waals surface area contributed by atoms with Crippen molar-refractivity contribution in [2.45, 2.75) is 57.9 Å². The Morgan fingerprint density at radius 3 is 2.46 bits per heavy atom. The van der Waals surface area contributed by atoms with E-state index in [-0.39, 0.29) is 16.7 Å². The highest BCUT2D eigenvalue weighted by molar-refractivity contribution is 7.90. The standard InChI is InChI=1S/C17H25N3O3S/c1-11(20-24(22)16(2,3)4)12-8-7-9-13(10-12)14-18-15(23-19-14)17(5,6)21/h7-11,20-21H,1-6H3/t11-,24?/m0/s1. The van der Waals surface area contributed by atoms with Crippen LogP contribution in [0.15, 0.2) is 28.8 Å². The number of rotatable bonds is 5. The molecule has 0 radical (unpaired) electrons. The lowest BCUT2D eigenvalue weighted by molar-refractivity contribution is 0.0420. The molecule has 0 saturated heterocycles. The van der Waals surface area contributed by atoms with Crippen LogP contribution in [0.25, 0.3) is 11.4 Å². The van der Waals surface area contributed by atoms with Gasteiger partial charge in [-0.15, -0.1) is 4.72 Å². The van der Waals surface area contributed by atoms with Crippen LogP contribution in [-0.4, -0.2) is 24.5 Å². The normalized spacial score (nSPS) is 15.3. The van der Waals surface area contributed by atoms with Crippen LogP contribution >= 0.6 is 0 Å². The summed E-state index contributed by atoms with van der Waals surface area (Å²) >= 11 is -1.16. The molecule has 0 spiro atoms. The van der Waals surface area contributed by atoms with Gasteiger partial charge in [0.25, 0.3) is 5.89 Å². The van der Waals surface area contributed by atoms with Gasteiger partial charge in [0.2, 0.25) is 5.82 Å². The van der Waals surface area contributed by atoms with Crippen molar-refractivity contribution < 1.29 is 14.2 Å². The average Bonchev–Trinajstić information content (AvgIpc) is 2.96. The van der Waals surface area contributed by atoms with Crippen molar-refractivity contribution in [1.29, 1.82) is 0 Å². The maximum Gasteiger partial charge on any atom is 0.258 e. The summed E-state index contributed by atoms with van der Waals surface area (Å²) in [6.45, 7) is 10.9. The van der Waals surface area contributed by atoms with E-state index in [2.05, 4.69) is 14.9 Å². The Bertz CT molecular complexity index is 689. The Balaban J connectivity index is 2.21. The zero-order valence-corrected chi connectivity index (χ0v) is 15.8. The molecule has 0 bridgehead atoms. The number of hydrogen-bond acceptors (Lipinski definition) is 6. The Morgan fingerprint density at radius 1 is 1.25 bits per heavy atom. The van der Waals surface area contributed by atoms with E-state index < -0.39 is 17.0 Å². The number of aromatic nitrogens is 2. The molecule has 2 aromatic rings. The smallest absolute Gasteiger partial charge is 0.258 e. The van der Waals surface area contributed by atoms with E-state index in [4.69, 9.17) is 4.52 Å². The maximum absolute atomic E-state index is 12.2. The van der Waals surface area contributed by atoms with Crippen LogP contribution in [0.5, 0.6) is 0 Å². The van der Waals surface area contributed by atoms with E-state index in [1.54, 1.807) is 13.8 Å². The van der Waals surface area contributed by atoms with Gasteiger partial charge in [-0.3, -0.25) is 0 Å². The molecular formula is C17H25N3O3S. The second-order valence-electron chi connectivity index (χ2n) is 7.33. The summed E-state index contributed by atoms with van der Waals surface area (Å²) in [6.07, 6.45) is 0. The Labute approximate surface area is 146 Å². The lowest BCUT2D eigenvalue weighted by atomic mass is 10.1. The molecule has 0 aliphatic carbocycles. The van der Waals surface area contributed by atoms with E-state index in [1.807, 2.05) is 52.0 Å². The minimum absolute atomic E-state index is 0.0920. The van der Waals surface area contributed by atoms with E-state index in [1.165, 1.54) is 0 Å². The highest BCUT2D eigenvalue weighted by Crippen LogP contribution is 2.25. The van der Waals surface area contributed by atoms with Crippen LogP contribution < -0.4 is 4.72 Å². The monoisotopic (exact) mass is 351 g/mol. The van der Waals surface area contributed by atoms with Crippen molar-refractivity contribution in [3.63, 3.8) is 0 Å². The molecule has 0 aliphatic rings. The zero-order chi connectivity index (χ0) is 18.1. The quantitative estimate of drug-likeness (QED) is 0.804. The number of benzene rings is 1. The third kappa shape index (κ3) is 4.57. The first-order valence-electron chi connectivity index (χ1n) is 7.83. The molecule has 1 heterocycles. The Hall–Kier alpha value is -1.41. The predicted octanol–water partition coefficient (Wildman–Crippen LogP) is 3.08. The molecule has 1 unspecified atom stereocenters. The molecule has 7 heteroatoms. The summed E-state index contributed by atoms with van der Waals surface area (Å²) in [5, 5.41) is 13.9. The van der Waals surface area contributed by atoms with Crippen molar-refractivity contribution in [1.82, 2.24) is 14.9 Å². The van der Waals surface area contributed by atoms with Gasteiger partial charge in [0.05, 0.1) is 6.04 Å². The predicted molar refractivity (Wildman–Crippen MR) is 94.4 cm³/mol. The molecule has 0 saturated carbocycles. The number of aliphatic hydroxyl groups is 1. The first kappa shape index (κ1) is 18.9. The molecule has 2 N–H and O–H groups in total. The Morgan fingerprint density at radius 2 is 1.92 bits per heavy atom. The largest absolute Gasteiger partial charge is 0.598 e. The fourth-order valence-corrected chi connectivity index (χ4v) is 2.75. The van der Waals surface area contributed by atoms with Gasteiger partial charge in [0.1, 0.15) is 10.3 Å². The molecule has 0 aliphatic heterocycles. The maximum atomic E-state index is 12.2. The van der Waals surface area contributed by atoms with Gasteiger partial charge < -0.3 is 14.2 Å². The van der Waals surface area contributed by atoms with Crippen molar-refractivity contribution in [3.05, 3.63) is 35.7 Å². The Kier molecular flexibility index (Phi) is 5.39. The molecule has 0 amide bonds. The van der Waals surface area contributed by atoms with Crippen LogP contribution in [0.3, 0.4) is 0 Å². The average molecular weight is 351 g/mol. The third-order valence-electron chi connectivity index (χ3n) is 3.43. The third-order valence-corrected chi connectivity index (χ3v) is 5.11. The molecule has 6 nitrogen and oxygen atoms in total. The van der Waals surface area contributed by atoms with Gasteiger partial charge in [0.15, 0.2) is 0 Å². The summed E-state index contributed by atoms with van der Waals surface area (Å²) in [5.41, 5.74) is 0.572. The minimum Gasteiger partial charge on any atom is -0.598 e. The van der Waals surface area contributed by atoms with Crippen LogP contribution in [0, 0.1) is 0 Å². The summed E-state index contributed by atoms with van der Waals surface area (Å²) < 4.78 is 20.1. The molecule has 1 aromatic carbocycles. The second-order valence-corrected chi connectivity index (χ2v) is 9.33. The van der Waals surface area contributed by atoms with Crippen LogP contribution in [-0.2, 0) is 17.0 Å². The van der Waals surface area contributed by atoms with Gasteiger partial charge in [-0.25, -0.2) is 0 Å². The number of nitrogens with zero attached hydrogens (tertiary/aromatic N) is 2. The fraction of sp³-hybridized carbons (Fsp3) is 0.529. The first-order valence-corrected chi connectivity index (χ1v) is 8.98. The van der Waals surface area contributed by atoms with Crippen molar-refractivity contribution in [2.24, 2.45) is 0 Å². The molecule has 0 fully saturated rings. The highest BCUT2D eigenvalue weighted by Gasteiger charge is 2.28. The van der Waals surface area contributed by atoms with Crippen molar-refractivity contribution in [3.8, 4) is 11.4 Å². The van der Waals surface area contributed by atoms with Gasteiger partial charge >= 0.3 is 0 Å². The molecule has 24 heavy (non-hydrogen) atoms. The first-order chi connectivity index (χ1) is 11.0. The fourth-order valence-electron chi connectivity index (χ4n) is 1.94. The molecule has 132 valence electrons. The van der Waals surface area contributed by atoms with Gasteiger partial charge in [0, 0.05) is 16.9 Å². The molecule has 2 rings (SSSR count). The van der Waals surface area contributed by atoms with E-state index in [0.29, 0.717) is 5.82 Å². The lowest BCUT2D eigenvalue weighted by Gasteiger charge is -2.26. The van der Waals surface area contributed by atoms with E-state index >= 15 is 0 Å². The van der Waals surface area contributed by atoms with Crippen LogP contribution in [0.4, 0.5) is 0 Å². The molecule has 2 atom stereocenters. The van der Waals surface area contributed by atoms with Gasteiger partial charge in [-0.05, 0) is 53.2 Å². The van der Waals surface area contributed by atoms with Crippen LogP contribution in [0.1, 0.15) is 59.0 Å². The highest BCUT2D eigenvalue weighted by atomic mass is 32.2. The van der Waals surface area contributed by atoms with E-state index in [9.17, 15) is 9.66 Å². The van der Waals surface area contributed by atoms with Gasteiger partial charge in [-0.1, -0.05) is 23.4 Å². The lowest BCUT2D eigenvalue weighted by Crippen LogP contribution is -2.40. The summed E-state index contributed by atoms with van der Waals surface area (Å²) in [4.78, 5) is 4.24. The summed E-state index contributed by atoms with van der Waals surface area (Å²) in [7, 11) is 0. The molecule has 1 aromatic heterocycles. The van der Waals surface area contributed by atoms with Crippen molar-refractivity contribution in [2.75, 3.05) is 0 Å². The van der Waals surface area contributed by atoms with Gasteiger partial charge in [-0.2, -0.15) is 4.98 Å². The zero-order valence-electron chi connectivity index (χ0n) is 15.0. The van der Waals surface area contributed by atoms with E-state index in [0.717, 1.165) is 11.1 Å². The SMILES string of the molecule is C[C@H](N[S+]([O-])C(C)(C)C)c1cccc(-c2noc(C(C)(C)O)n2)c1. The second kappa shape index (κ2) is 6.84. The topological polar surface area (TPSA) is 94.2 Å². The van der Waals surface area contributed by atoms with Crippen LogP contribution in [0.2, 0.25) is 0 Å².